The maximum atomic E-state index is 14.6. The summed E-state index contributed by atoms with van der Waals surface area (Å²) < 4.78 is 0. The normalized spacial score (nSPS) is 29.4. The molecule has 0 aromatic rings. The van der Waals surface area contributed by atoms with E-state index in [9.17, 15) is 29.1 Å². The molecule has 12 nitrogen and oxygen atoms in total. The highest BCUT2D eigenvalue weighted by molar-refractivity contribution is 6.37. The second-order valence-electron chi connectivity index (χ2n) is 20.2. The number of hydrogen-bond donors (Lipinski definition) is 5. The Kier molecular flexibility index (Phi) is 11.5. The predicted molar refractivity (Wildman–Crippen MR) is 206 cm³/mol. The van der Waals surface area contributed by atoms with E-state index in [-0.39, 0.29) is 39.9 Å². The van der Waals surface area contributed by atoms with E-state index < -0.39 is 58.9 Å². The lowest BCUT2D eigenvalue weighted by atomic mass is 9.73. The van der Waals surface area contributed by atoms with E-state index in [2.05, 4.69) is 34.7 Å². The quantitative estimate of drug-likeness (QED) is 0.167. The number of primary amides is 1. The minimum absolute atomic E-state index is 0.0236. The molecule has 6 N–H and O–H groups in total. The number of aliphatic hydroxyl groups is 1. The van der Waals surface area contributed by atoms with Gasteiger partial charge < -0.3 is 26.8 Å². The molecule has 12 heteroatoms. The minimum Gasteiger partial charge on any atom is -0.376 e. The molecular formula is C42H70N6O6. The van der Waals surface area contributed by atoms with Gasteiger partial charge in [0.2, 0.25) is 23.5 Å². The van der Waals surface area contributed by atoms with Gasteiger partial charge in [0.1, 0.15) is 12.3 Å². The van der Waals surface area contributed by atoms with E-state index in [4.69, 9.17) is 5.73 Å². The molecule has 0 radical (unpaired) electrons. The van der Waals surface area contributed by atoms with Crippen LogP contribution in [0.15, 0.2) is 0 Å². The highest BCUT2D eigenvalue weighted by atomic mass is 16.3. The number of amides is 4. The fourth-order valence-electron chi connectivity index (χ4n) is 11.7. The molecule has 0 aromatic carbocycles. The first-order valence-corrected chi connectivity index (χ1v) is 21.2. The maximum Gasteiger partial charge on any atom is 0.287 e. The molecule has 2 saturated heterocycles. The molecule has 6 fully saturated rings. The Morgan fingerprint density at radius 2 is 1.44 bits per heavy atom. The van der Waals surface area contributed by atoms with Gasteiger partial charge in [-0.1, -0.05) is 79.6 Å². The molecule has 6 atom stereocenters. The Bertz CT molecular complexity index is 1450. The van der Waals surface area contributed by atoms with Crippen molar-refractivity contribution < 1.29 is 29.1 Å². The highest BCUT2D eigenvalue weighted by Crippen LogP contribution is 2.88. The summed E-state index contributed by atoms with van der Waals surface area (Å²) in [5.41, 5.74) is 3.86. The standard InChI is InChI=1S/C42H70N6O6/c1-38(2,3)32(46-35(52)30(27-17-9-8-10-18-27)45-37(54)39(4,5)47-21-11-12-22-47)36(53)48-25-42(40(6,7)41(42)19-14-20-41)24-29(48)34(51)44-28(31(49)33(43)50)23-26-15-13-16-26/h26-30,32,36,53H,8-25H2,1-7H3,(H2,43,50)(H,44,51)(H,45,54)(H,46,52)/t28?,29-,30-,32?,36?,42+/m0/s1. The molecule has 6 aliphatic rings. The third-order valence-corrected chi connectivity index (χ3v) is 15.8. The van der Waals surface area contributed by atoms with Gasteiger partial charge >= 0.3 is 0 Å². The zero-order valence-corrected chi connectivity index (χ0v) is 34.2. The van der Waals surface area contributed by atoms with Crippen molar-refractivity contribution in [2.24, 2.45) is 39.2 Å². The summed E-state index contributed by atoms with van der Waals surface area (Å²) in [7, 11) is 0. The number of nitrogens with zero attached hydrogens (tertiary/aromatic N) is 2. The number of nitrogens with two attached hydrogens (primary N) is 1. The van der Waals surface area contributed by atoms with Crippen LogP contribution in [0.4, 0.5) is 0 Å². The van der Waals surface area contributed by atoms with Crippen LogP contribution in [0.25, 0.3) is 0 Å². The van der Waals surface area contributed by atoms with E-state index in [0.29, 0.717) is 19.4 Å². The fourth-order valence-corrected chi connectivity index (χ4v) is 11.7. The highest BCUT2D eigenvalue weighted by Gasteiger charge is 2.85. The fraction of sp³-hybridized carbons (Fsp3) is 0.881. The van der Waals surface area contributed by atoms with Gasteiger partial charge in [-0.25, -0.2) is 0 Å². The van der Waals surface area contributed by atoms with E-state index in [1.54, 1.807) is 0 Å². The number of aliphatic hydroxyl groups excluding tert-OH is 1. The summed E-state index contributed by atoms with van der Waals surface area (Å²) in [5.74, 6) is -2.49. The van der Waals surface area contributed by atoms with Crippen LogP contribution in [-0.2, 0) is 24.0 Å². The van der Waals surface area contributed by atoms with Crippen molar-refractivity contribution in [2.75, 3.05) is 19.6 Å². The van der Waals surface area contributed by atoms with Crippen LogP contribution < -0.4 is 21.7 Å². The van der Waals surface area contributed by atoms with Crippen LogP contribution in [0, 0.1) is 33.5 Å². The number of hydrogen-bond acceptors (Lipinski definition) is 8. The molecule has 6 rings (SSSR count). The summed E-state index contributed by atoms with van der Waals surface area (Å²) in [6.07, 6.45) is 12.7. The first-order chi connectivity index (χ1) is 25.3. The lowest BCUT2D eigenvalue weighted by molar-refractivity contribution is -0.142. The maximum absolute atomic E-state index is 14.6. The van der Waals surface area contributed by atoms with E-state index in [1.807, 2.05) is 39.5 Å². The summed E-state index contributed by atoms with van der Waals surface area (Å²) in [5, 5.41) is 22.0. The predicted octanol–water partition coefficient (Wildman–Crippen LogP) is 3.78. The Labute approximate surface area is 323 Å². The molecule has 4 saturated carbocycles. The van der Waals surface area contributed by atoms with Crippen LogP contribution in [0.5, 0.6) is 0 Å². The molecule has 2 heterocycles. The van der Waals surface area contributed by atoms with Crippen LogP contribution in [0.2, 0.25) is 0 Å². The molecule has 4 amide bonds. The largest absolute Gasteiger partial charge is 0.376 e. The van der Waals surface area contributed by atoms with Crippen molar-refractivity contribution >= 4 is 29.4 Å². The second kappa shape index (κ2) is 15.1. The van der Waals surface area contributed by atoms with Crippen LogP contribution in [0.1, 0.15) is 145 Å². The third kappa shape index (κ3) is 7.14. The Balaban J connectivity index is 1.27. The second-order valence-corrected chi connectivity index (χ2v) is 20.2. The number of fused-ring (bicyclic) bond motifs is 1. The molecule has 304 valence electrons. The van der Waals surface area contributed by atoms with Gasteiger partial charge in [0.15, 0.2) is 0 Å². The Morgan fingerprint density at radius 1 is 0.815 bits per heavy atom. The number of carbonyl (C=O) groups is 5. The van der Waals surface area contributed by atoms with Crippen LogP contribution in [-0.4, -0.2) is 99.9 Å². The Morgan fingerprint density at radius 3 is 1.94 bits per heavy atom. The average molecular weight is 755 g/mol. The van der Waals surface area contributed by atoms with Gasteiger partial charge in [0, 0.05) is 6.54 Å². The lowest BCUT2D eigenvalue weighted by Gasteiger charge is -2.42. The smallest absolute Gasteiger partial charge is 0.287 e. The molecular weight excluding hydrogens is 684 g/mol. The summed E-state index contributed by atoms with van der Waals surface area (Å²) in [6, 6.07) is -3.33. The number of rotatable bonds is 14. The topological polar surface area (TPSA) is 174 Å². The molecule has 0 aromatic heterocycles. The van der Waals surface area contributed by atoms with E-state index in [1.165, 1.54) is 0 Å². The van der Waals surface area contributed by atoms with Crippen molar-refractivity contribution in [3.63, 3.8) is 0 Å². The van der Waals surface area contributed by atoms with Gasteiger partial charge in [0.05, 0.1) is 23.7 Å². The van der Waals surface area contributed by atoms with Gasteiger partial charge in [-0.05, 0) is 112 Å². The number of likely N-dealkylation sites (tertiary alicyclic amines) is 2. The van der Waals surface area contributed by atoms with Crippen molar-refractivity contribution in [3.05, 3.63) is 0 Å². The minimum atomic E-state index is -1.24. The van der Waals surface area contributed by atoms with E-state index >= 15 is 0 Å². The first-order valence-electron chi connectivity index (χ1n) is 21.2. The van der Waals surface area contributed by atoms with Crippen molar-refractivity contribution in [3.8, 4) is 0 Å². The molecule has 0 bridgehead atoms. The molecule has 4 aliphatic carbocycles. The average Bonchev–Trinajstić information content (AvgIpc) is 3.57. The van der Waals surface area contributed by atoms with Crippen molar-refractivity contribution in [1.82, 2.24) is 25.8 Å². The van der Waals surface area contributed by atoms with Crippen LogP contribution >= 0.6 is 0 Å². The van der Waals surface area contributed by atoms with Crippen LogP contribution in [0.3, 0.4) is 0 Å². The van der Waals surface area contributed by atoms with Gasteiger partial charge in [-0.15, -0.1) is 0 Å². The molecule has 3 unspecified atom stereocenters. The zero-order chi connectivity index (χ0) is 39.4. The molecule has 2 aliphatic heterocycles. The van der Waals surface area contributed by atoms with E-state index in [0.717, 1.165) is 96.6 Å². The number of ketones is 1. The third-order valence-electron chi connectivity index (χ3n) is 15.8. The number of nitrogens with one attached hydrogen (secondary N) is 3. The molecule has 54 heavy (non-hydrogen) atoms. The molecule has 2 spiro atoms. The van der Waals surface area contributed by atoms with Gasteiger partial charge in [-0.2, -0.15) is 0 Å². The lowest BCUT2D eigenvalue weighted by Crippen LogP contribution is -2.65. The van der Waals surface area contributed by atoms with Crippen molar-refractivity contribution in [1.29, 1.82) is 0 Å². The Hall–Kier alpha value is -2.57. The SMILES string of the molecule is CC(C)(C)C(NC(=O)[C@@H](NC(=O)C(C)(C)N1CCCC1)C1CCCCC1)C(O)N1C[C@]2(C[C@H]1C(=O)NC(CC1CCC1)C(=O)C(N)=O)C(C)(C)C21CCC1. The summed E-state index contributed by atoms with van der Waals surface area (Å²) in [4.78, 5) is 72.2. The van der Waals surface area contributed by atoms with Gasteiger partial charge in [0.25, 0.3) is 5.91 Å². The van der Waals surface area contributed by atoms with Gasteiger partial charge in [-0.3, -0.25) is 33.8 Å². The monoisotopic (exact) mass is 755 g/mol. The van der Waals surface area contributed by atoms with Crippen molar-refractivity contribution in [2.45, 2.75) is 181 Å². The zero-order valence-electron chi connectivity index (χ0n) is 34.2. The summed E-state index contributed by atoms with van der Waals surface area (Å²) >= 11 is 0. The first kappa shape index (κ1) is 41.1. The summed E-state index contributed by atoms with van der Waals surface area (Å²) in [6.45, 7) is 16.5. The number of carbonyl (C=O) groups excluding carboxylic acids is 5. The number of Topliss-reactive ketones (excluding diaryl/α,β-unsaturated/α-hetero) is 1.